The number of hydrogen-bond donors (Lipinski definition) is 3. The lowest BCUT2D eigenvalue weighted by Crippen LogP contribution is -2.42. The van der Waals surface area contributed by atoms with E-state index >= 15 is 0 Å². The lowest BCUT2D eigenvalue weighted by atomic mass is 10.0. The average Bonchev–Trinajstić information content (AvgIpc) is 2.17. The van der Waals surface area contributed by atoms with Gasteiger partial charge in [0.1, 0.15) is 5.75 Å². The maximum absolute atomic E-state index is 9.94. The standard InChI is InChI=1S/C14H22N2OS/c1-9(2)10-6-7-11(12(17)8-10)15-13(18)16-14(3,4)5/h6-9,17H,1-5H3,(H2,15,16,18). The quantitative estimate of drug-likeness (QED) is 0.565. The van der Waals surface area contributed by atoms with Crippen molar-refractivity contribution >= 4 is 23.0 Å². The summed E-state index contributed by atoms with van der Waals surface area (Å²) in [5, 5.41) is 16.6. The maximum atomic E-state index is 9.94. The first-order chi connectivity index (χ1) is 8.19. The highest BCUT2D eigenvalue weighted by Gasteiger charge is 2.12. The van der Waals surface area contributed by atoms with Crippen molar-refractivity contribution in [2.24, 2.45) is 0 Å². The van der Waals surface area contributed by atoms with Crippen LogP contribution in [0, 0.1) is 0 Å². The normalized spacial score (nSPS) is 11.4. The zero-order valence-corrected chi connectivity index (χ0v) is 12.5. The maximum Gasteiger partial charge on any atom is 0.171 e. The second-order valence-corrected chi connectivity index (χ2v) is 6.17. The van der Waals surface area contributed by atoms with Crippen LogP contribution in [0.1, 0.15) is 46.1 Å². The number of anilines is 1. The van der Waals surface area contributed by atoms with Gasteiger partial charge < -0.3 is 15.7 Å². The van der Waals surface area contributed by atoms with Gasteiger partial charge in [-0.15, -0.1) is 0 Å². The summed E-state index contributed by atoms with van der Waals surface area (Å²) < 4.78 is 0. The summed E-state index contributed by atoms with van der Waals surface area (Å²) in [5.74, 6) is 0.615. The number of hydrogen-bond acceptors (Lipinski definition) is 2. The van der Waals surface area contributed by atoms with Gasteiger partial charge in [-0.05, 0) is 56.6 Å². The predicted octanol–water partition coefficient (Wildman–Crippen LogP) is 3.60. The van der Waals surface area contributed by atoms with Gasteiger partial charge >= 0.3 is 0 Å². The number of phenols is 1. The molecule has 1 aromatic carbocycles. The molecule has 0 spiro atoms. The first-order valence-corrected chi connectivity index (χ1v) is 6.52. The fourth-order valence-electron chi connectivity index (χ4n) is 1.51. The van der Waals surface area contributed by atoms with E-state index in [2.05, 4.69) is 24.5 Å². The van der Waals surface area contributed by atoms with Gasteiger partial charge in [0.15, 0.2) is 5.11 Å². The minimum atomic E-state index is -0.0996. The monoisotopic (exact) mass is 266 g/mol. The molecule has 0 aliphatic heterocycles. The molecule has 0 saturated carbocycles. The number of aromatic hydroxyl groups is 1. The Morgan fingerprint density at radius 2 is 1.89 bits per heavy atom. The average molecular weight is 266 g/mol. The number of benzene rings is 1. The highest BCUT2D eigenvalue weighted by Crippen LogP contribution is 2.27. The van der Waals surface area contributed by atoms with E-state index in [1.165, 1.54) is 0 Å². The van der Waals surface area contributed by atoms with Gasteiger partial charge in [-0.3, -0.25) is 0 Å². The van der Waals surface area contributed by atoms with Crippen LogP contribution in [0.2, 0.25) is 0 Å². The summed E-state index contributed by atoms with van der Waals surface area (Å²) in [5.41, 5.74) is 1.63. The Hall–Kier alpha value is -1.29. The molecule has 18 heavy (non-hydrogen) atoms. The van der Waals surface area contributed by atoms with Crippen LogP contribution in [0.3, 0.4) is 0 Å². The minimum Gasteiger partial charge on any atom is -0.506 e. The molecule has 0 radical (unpaired) electrons. The van der Waals surface area contributed by atoms with Crippen LogP contribution in [-0.2, 0) is 0 Å². The molecule has 0 atom stereocenters. The Morgan fingerprint density at radius 3 is 2.33 bits per heavy atom. The Morgan fingerprint density at radius 1 is 1.28 bits per heavy atom. The van der Waals surface area contributed by atoms with E-state index in [0.717, 1.165) is 5.56 Å². The SMILES string of the molecule is CC(C)c1ccc(NC(=S)NC(C)(C)C)c(O)c1. The van der Waals surface area contributed by atoms with Gasteiger partial charge in [-0.25, -0.2) is 0 Å². The zero-order valence-electron chi connectivity index (χ0n) is 11.7. The smallest absolute Gasteiger partial charge is 0.171 e. The molecule has 0 bridgehead atoms. The largest absolute Gasteiger partial charge is 0.506 e. The Bertz CT molecular complexity index is 436. The summed E-state index contributed by atoms with van der Waals surface area (Å²) in [6.45, 7) is 10.3. The van der Waals surface area contributed by atoms with Gasteiger partial charge in [0.25, 0.3) is 0 Å². The Balaban J connectivity index is 2.77. The van der Waals surface area contributed by atoms with Gasteiger partial charge in [-0.2, -0.15) is 0 Å². The highest BCUT2D eigenvalue weighted by molar-refractivity contribution is 7.80. The number of rotatable bonds is 2. The predicted molar refractivity (Wildman–Crippen MR) is 81.3 cm³/mol. The third-order valence-corrected chi connectivity index (χ3v) is 2.63. The zero-order chi connectivity index (χ0) is 13.9. The van der Waals surface area contributed by atoms with E-state index in [4.69, 9.17) is 12.2 Å². The van der Waals surface area contributed by atoms with Crippen molar-refractivity contribution in [3.05, 3.63) is 23.8 Å². The highest BCUT2D eigenvalue weighted by atomic mass is 32.1. The van der Waals surface area contributed by atoms with Crippen LogP contribution >= 0.6 is 12.2 Å². The van der Waals surface area contributed by atoms with Crippen LogP contribution in [0.15, 0.2) is 18.2 Å². The van der Waals surface area contributed by atoms with Crippen molar-refractivity contribution in [3.63, 3.8) is 0 Å². The number of nitrogens with one attached hydrogen (secondary N) is 2. The molecule has 3 N–H and O–H groups in total. The second kappa shape index (κ2) is 5.57. The molecule has 1 aromatic rings. The molecular weight excluding hydrogens is 244 g/mol. The third kappa shape index (κ3) is 4.53. The van der Waals surface area contributed by atoms with Crippen LogP contribution < -0.4 is 10.6 Å². The van der Waals surface area contributed by atoms with Gasteiger partial charge in [0.2, 0.25) is 0 Å². The van der Waals surface area contributed by atoms with Crippen LogP contribution in [0.5, 0.6) is 5.75 Å². The summed E-state index contributed by atoms with van der Waals surface area (Å²) in [4.78, 5) is 0. The summed E-state index contributed by atoms with van der Waals surface area (Å²) in [6.07, 6.45) is 0. The van der Waals surface area contributed by atoms with Crippen molar-refractivity contribution < 1.29 is 5.11 Å². The molecule has 0 aliphatic rings. The Labute approximate surface area is 115 Å². The molecule has 0 saturated heterocycles. The van der Waals surface area contributed by atoms with E-state index in [0.29, 0.717) is 16.7 Å². The molecule has 1 rings (SSSR count). The van der Waals surface area contributed by atoms with Crippen LogP contribution in [-0.4, -0.2) is 15.8 Å². The van der Waals surface area contributed by atoms with Crippen molar-refractivity contribution in [2.45, 2.75) is 46.1 Å². The molecule has 0 amide bonds. The van der Waals surface area contributed by atoms with Crippen molar-refractivity contribution in [3.8, 4) is 5.75 Å². The number of phenolic OH excluding ortho intramolecular Hbond substituents is 1. The van der Waals surface area contributed by atoms with Crippen molar-refractivity contribution in [1.29, 1.82) is 0 Å². The lowest BCUT2D eigenvalue weighted by Gasteiger charge is -2.23. The molecule has 0 aliphatic carbocycles. The summed E-state index contributed by atoms with van der Waals surface area (Å²) in [6, 6.07) is 5.61. The van der Waals surface area contributed by atoms with E-state index in [1.807, 2.05) is 32.9 Å². The molecule has 4 heteroatoms. The summed E-state index contributed by atoms with van der Waals surface area (Å²) in [7, 11) is 0. The van der Waals surface area contributed by atoms with E-state index in [1.54, 1.807) is 6.07 Å². The van der Waals surface area contributed by atoms with E-state index < -0.39 is 0 Å². The fraction of sp³-hybridized carbons (Fsp3) is 0.500. The molecule has 0 fully saturated rings. The van der Waals surface area contributed by atoms with E-state index in [-0.39, 0.29) is 11.3 Å². The molecule has 0 heterocycles. The molecular formula is C14H22N2OS. The first-order valence-electron chi connectivity index (χ1n) is 6.11. The first kappa shape index (κ1) is 14.8. The Kier molecular flexibility index (Phi) is 4.57. The fourth-order valence-corrected chi connectivity index (χ4v) is 1.92. The lowest BCUT2D eigenvalue weighted by molar-refractivity contribution is 0.476. The molecule has 0 aromatic heterocycles. The van der Waals surface area contributed by atoms with Crippen LogP contribution in [0.25, 0.3) is 0 Å². The topological polar surface area (TPSA) is 44.3 Å². The summed E-state index contributed by atoms with van der Waals surface area (Å²) >= 11 is 5.19. The van der Waals surface area contributed by atoms with Gasteiger partial charge in [0, 0.05) is 5.54 Å². The second-order valence-electron chi connectivity index (χ2n) is 5.76. The van der Waals surface area contributed by atoms with E-state index in [9.17, 15) is 5.11 Å². The van der Waals surface area contributed by atoms with Gasteiger partial charge in [0.05, 0.1) is 5.69 Å². The van der Waals surface area contributed by atoms with Gasteiger partial charge in [-0.1, -0.05) is 19.9 Å². The number of thiocarbonyl (C=S) groups is 1. The molecule has 100 valence electrons. The van der Waals surface area contributed by atoms with Crippen LogP contribution in [0.4, 0.5) is 5.69 Å². The minimum absolute atomic E-state index is 0.0996. The third-order valence-electron chi connectivity index (χ3n) is 2.43. The molecule has 3 nitrogen and oxygen atoms in total. The van der Waals surface area contributed by atoms with Crippen molar-refractivity contribution in [1.82, 2.24) is 5.32 Å². The molecule has 0 unspecified atom stereocenters. The van der Waals surface area contributed by atoms with Crippen molar-refractivity contribution in [2.75, 3.05) is 5.32 Å².